The summed E-state index contributed by atoms with van der Waals surface area (Å²) in [7, 11) is 1.65. The van der Waals surface area contributed by atoms with Crippen LogP contribution in [0.3, 0.4) is 0 Å². The molecule has 27 heavy (non-hydrogen) atoms. The molecule has 2 aliphatic carbocycles. The molecule has 1 fully saturated rings. The van der Waals surface area contributed by atoms with E-state index >= 15 is 0 Å². The summed E-state index contributed by atoms with van der Waals surface area (Å²) in [6.07, 6.45) is 4.88. The number of aryl methyl sites for hydroxylation is 1. The van der Waals surface area contributed by atoms with Gasteiger partial charge in [0.2, 0.25) is 0 Å². The van der Waals surface area contributed by atoms with Gasteiger partial charge in [-0.3, -0.25) is 4.79 Å². The largest absolute Gasteiger partial charge is 0.497 e. The van der Waals surface area contributed by atoms with E-state index in [-0.39, 0.29) is 17.4 Å². The summed E-state index contributed by atoms with van der Waals surface area (Å²) in [5.41, 5.74) is 3.80. The monoisotopic (exact) mass is 368 g/mol. The van der Waals surface area contributed by atoms with Crippen molar-refractivity contribution in [3.63, 3.8) is 0 Å². The zero-order valence-electron chi connectivity index (χ0n) is 16.6. The number of carbonyl (C=O) groups is 1. The first-order chi connectivity index (χ1) is 12.9. The van der Waals surface area contributed by atoms with Crippen LogP contribution in [0.1, 0.15) is 61.6 Å². The van der Waals surface area contributed by atoms with E-state index in [2.05, 4.69) is 37.3 Å². The van der Waals surface area contributed by atoms with Gasteiger partial charge in [0, 0.05) is 17.2 Å². The van der Waals surface area contributed by atoms with Crippen LogP contribution in [-0.2, 0) is 12.8 Å². The predicted molar refractivity (Wildman–Crippen MR) is 104 cm³/mol. The molecule has 0 bridgehead atoms. The van der Waals surface area contributed by atoms with E-state index in [0.717, 1.165) is 42.6 Å². The SMILES string of the molecule is COc1ccc2c(c1)-c1onc(C(=O)N[C@H]3C[C@@H](C)CC(C)(C)C3)c1CC2. The van der Waals surface area contributed by atoms with Crippen LogP contribution >= 0.6 is 0 Å². The number of aromatic nitrogens is 1. The molecule has 2 atom stereocenters. The van der Waals surface area contributed by atoms with Gasteiger partial charge in [0.25, 0.3) is 5.91 Å². The van der Waals surface area contributed by atoms with Crippen LogP contribution in [-0.4, -0.2) is 24.2 Å². The Morgan fingerprint density at radius 3 is 2.85 bits per heavy atom. The molecule has 1 heterocycles. The molecular weight excluding hydrogens is 340 g/mol. The van der Waals surface area contributed by atoms with Crippen LogP contribution in [0.15, 0.2) is 22.7 Å². The maximum Gasteiger partial charge on any atom is 0.273 e. The number of nitrogens with zero attached hydrogens (tertiary/aromatic N) is 1. The van der Waals surface area contributed by atoms with Crippen LogP contribution in [0.2, 0.25) is 0 Å². The lowest BCUT2D eigenvalue weighted by atomic mass is 9.70. The predicted octanol–water partition coefficient (Wildman–Crippen LogP) is 4.39. The van der Waals surface area contributed by atoms with Crippen molar-refractivity contribution in [2.75, 3.05) is 7.11 Å². The summed E-state index contributed by atoms with van der Waals surface area (Å²) in [5, 5.41) is 7.36. The summed E-state index contributed by atoms with van der Waals surface area (Å²) >= 11 is 0. The molecule has 1 aromatic heterocycles. The second-order valence-electron chi connectivity index (χ2n) is 8.95. The highest BCUT2D eigenvalue weighted by molar-refractivity contribution is 5.95. The molecule has 5 heteroatoms. The van der Waals surface area contributed by atoms with Gasteiger partial charge in [-0.15, -0.1) is 0 Å². The summed E-state index contributed by atoms with van der Waals surface area (Å²) in [5.74, 6) is 1.99. The van der Waals surface area contributed by atoms with Crippen molar-refractivity contribution < 1.29 is 14.1 Å². The van der Waals surface area contributed by atoms with Crippen molar-refractivity contribution in [1.82, 2.24) is 10.5 Å². The summed E-state index contributed by atoms with van der Waals surface area (Å²) in [6.45, 7) is 6.83. The molecule has 144 valence electrons. The maximum absolute atomic E-state index is 12.9. The van der Waals surface area contributed by atoms with Crippen LogP contribution in [0.25, 0.3) is 11.3 Å². The molecule has 0 aliphatic heterocycles. The van der Waals surface area contributed by atoms with Crippen LogP contribution < -0.4 is 10.1 Å². The Hall–Kier alpha value is -2.30. The summed E-state index contributed by atoms with van der Waals surface area (Å²) in [4.78, 5) is 12.9. The van der Waals surface area contributed by atoms with Gasteiger partial charge in [0.1, 0.15) is 5.75 Å². The van der Waals surface area contributed by atoms with Crippen molar-refractivity contribution in [3.05, 3.63) is 35.0 Å². The number of hydrogen-bond acceptors (Lipinski definition) is 4. The van der Waals surface area contributed by atoms with Crippen molar-refractivity contribution in [1.29, 1.82) is 0 Å². The molecule has 5 nitrogen and oxygen atoms in total. The molecule has 1 aromatic carbocycles. The Kier molecular flexibility index (Phi) is 4.49. The van der Waals surface area contributed by atoms with E-state index in [4.69, 9.17) is 9.26 Å². The Bertz CT molecular complexity index is 868. The van der Waals surface area contributed by atoms with Crippen molar-refractivity contribution >= 4 is 5.91 Å². The average Bonchev–Trinajstić information content (AvgIpc) is 3.04. The van der Waals surface area contributed by atoms with Gasteiger partial charge >= 0.3 is 0 Å². The van der Waals surface area contributed by atoms with E-state index in [1.54, 1.807) is 7.11 Å². The lowest BCUT2D eigenvalue weighted by Crippen LogP contribution is -2.43. The fourth-order valence-electron chi connectivity index (χ4n) is 5.01. The zero-order chi connectivity index (χ0) is 19.2. The van der Waals surface area contributed by atoms with Crippen LogP contribution in [0, 0.1) is 11.3 Å². The molecule has 4 rings (SSSR count). The van der Waals surface area contributed by atoms with Gasteiger partial charge in [-0.25, -0.2) is 0 Å². The maximum atomic E-state index is 12.9. The number of hydrogen-bond donors (Lipinski definition) is 1. The van der Waals surface area contributed by atoms with Crippen molar-refractivity contribution in [2.45, 2.75) is 58.9 Å². The third kappa shape index (κ3) is 3.47. The fraction of sp³-hybridized carbons (Fsp3) is 0.545. The highest BCUT2D eigenvalue weighted by atomic mass is 16.5. The zero-order valence-corrected chi connectivity index (χ0v) is 16.6. The topological polar surface area (TPSA) is 64.4 Å². The number of benzene rings is 1. The molecule has 1 saturated carbocycles. The Balaban J connectivity index is 1.58. The molecule has 2 aliphatic rings. The summed E-state index contributed by atoms with van der Waals surface area (Å²) < 4.78 is 11.0. The molecular formula is C22H28N2O3. The quantitative estimate of drug-likeness (QED) is 0.872. The molecule has 2 aromatic rings. The minimum atomic E-state index is -0.110. The second kappa shape index (κ2) is 6.70. The summed E-state index contributed by atoms with van der Waals surface area (Å²) in [6, 6.07) is 6.18. The molecule has 0 radical (unpaired) electrons. The van der Waals surface area contributed by atoms with Gasteiger partial charge in [-0.05, 0) is 61.1 Å². The van der Waals surface area contributed by atoms with Crippen LogP contribution in [0.4, 0.5) is 0 Å². The average molecular weight is 368 g/mol. The normalized spacial score (nSPS) is 23.3. The first-order valence-electron chi connectivity index (χ1n) is 9.83. The molecule has 1 amide bonds. The number of carbonyl (C=O) groups excluding carboxylic acids is 1. The lowest BCUT2D eigenvalue weighted by Gasteiger charge is -2.39. The first-order valence-corrected chi connectivity index (χ1v) is 9.83. The smallest absolute Gasteiger partial charge is 0.273 e. The molecule has 0 spiro atoms. The van der Waals surface area contributed by atoms with E-state index in [0.29, 0.717) is 17.4 Å². The van der Waals surface area contributed by atoms with E-state index in [1.165, 1.54) is 12.0 Å². The van der Waals surface area contributed by atoms with Crippen molar-refractivity contribution in [2.24, 2.45) is 11.3 Å². The van der Waals surface area contributed by atoms with Gasteiger partial charge < -0.3 is 14.6 Å². The second-order valence-corrected chi connectivity index (χ2v) is 8.95. The Morgan fingerprint density at radius 1 is 1.30 bits per heavy atom. The molecule has 1 N–H and O–H groups in total. The molecule has 0 unspecified atom stereocenters. The highest BCUT2D eigenvalue weighted by Gasteiger charge is 2.34. The van der Waals surface area contributed by atoms with E-state index in [9.17, 15) is 4.79 Å². The minimum absolute atomic E-state index is 0.110. The minimum Gasteiger partial charge on any atom is -0.497 e. The lowest BCUT2D eigenvalue weighted by molar-refractivity contribution is 0.0864. The van der Waals surface area contributed by atoms with Gasteiger partial charge in [0.15, 0.2) is 11.5 Å². The van der Waals surface area contributed by atoms with Gasteiger partial charge in [0.05, 0.1) is 7.11 Å². The Labute approximate surface area is 160 Å². The number of rotatable bonds is 3. The highest BCUT2D eigenvalue weighted by Crippen LogP contribution is 2.39. The van der Waals surface area contributed by atoms with Gasteiger partial charge in [-0.2, -0.15) is 0 Å². The number of fused-ring (bicyclic) bond motifs is 3. The number of nitrogens with one attached hydrogen (secondary N) is 1. The number of methoxy groups -OCH3 is 1. The first kappa shape index (κ1) is 18.1. The van der Waals surface area contributed by atoms with Gasteiger partial charge in [-0.1, -0.05) is 32.0 Å². The van der Waals surface area contributed by atoms with Crippen LogP contribution in [0.5, 0.6) is 5.75 Å². The molecule has 0 saturated heterocycles. The van der Waals surface area contributed by atoms with E-state index in [1.807, 2.05) is 12.1 Å². The van der Waals surface area contributed by atoms with Crippen molar-refractivity contribution in [3.8, 4) is 17.1 Å². The number of amides is 1. The third-order valence-electron chi connectivity index (χ3n) is 5.93. The fourth-order valence-corrected chi connectivity index (χ4v) is 5.01. The van der Waals surface area contributed by atoms with E-state index < -0.39 is 0 Å². The number of ether oxygens (including phenoxy) is 1. The third-order valence-corrected chi connectivity index (χ3v) is 5.93. The standard InChI is InChI=1S/C22H28N2O3/c1-13-9-15(12-22(2,3)11-13)23-21(25)19-17-8-6-14-5-7-16(26-4)10-18(14)20(17)27-24-19/h5,7,10,13,15H,6,8-9,11-12H2,1-4H3,(H,23,25)/t13-,15+/m1/s1. The Morgan fingerprint density at radius 2 is 2.11 bits per heavy atom.